The van der Waals surface area contributed by atoms with Crippen molar-refractivity contribution in [2.75, 3.05) is 26.2 Å². The molecule has 0 bridgehead atoms. The number of nitrogens with one attached hydrogen (secondary N) is 9. The van der Waals surface area contributed by atoms with Crippen LogP contribution < -0.4 is 70.8 Å². The highest BCUT2D eigenvalue weighted by Crippen LogP contribution is 2.38. The molecule has 2 rings (SSSR count). The van der Waals surface area contributed by atoms with Crippen LogP contribution in [0.3, 0.4) is 0 Å². The van der Waals surface area contributed by atoms with Gasteiger partial charge in [0.15, 0.2) is 5.96 Å². The van der Waals surface area contributed by atoms with Crippen molar-refractivity contribution in [3.8, 4) is 0 Å². The lowest BCUT2D eigenvalue weighted by atomic mass is 9.80. The SMILES string of the molecule is CCCCCCCCCCCCCCCC(=O)NC(CC(=O)O)C(=O)NC(CCCN=C(N)N)C(=O)NC(CC(C)C)C(=O)NC(CCCN=C(N)C(C)CC)C(=O)NC(CCCCN)C(=O)NC(CC1=CCC(CC)c2ccccc21)C(=O)NC(CCCC)C(=O)NC(C)C(=O)NCC(C)CC. The highest BCUT2D eigenvalue weighted by Gasteiger charge is 2.36. The van der Waals surface area contributed by atoms with Gasteiger partial charge in [-0.3, -0.25) is 57.9 Å². The van der Waals surface area contributed by atoms with Gasteiger partial charge in [0.1, 0.15) is 48.3 Å². The van der Waals surface area contributed by atoms with Crippen LogP contribution in [0.15, 0.2) is 40.3 Å². The summed E-state index contributed by atoms with van der Waals surface area (Å²) in [6.07, 6.45) is 21.5. The summed E-state index contributed by atoms with van der Waals surface area (Å²) in [6, 6.07) is -2.34. The van der Waals surface area contributed by atoms with Gasteiger partial charge in [-0.25, -0.2) is 0 Å². The minimum absolute atomic E-state index is 0.00676. The minimum Gasteiger partial charge on any atom is -0.481 e. The van der Waals surface area contributed by atoms with E-state index in [0.717, 1.165) is 61.6 Å². The molecule has 0 radical (unpaired) electrons. The fourth-order valence-corrected chi connectivity index (χ4v) is 12.3. The second-order valence-corrected chi connectivity index (χ2v) is 28.7. The van der Waals surface area contributed by atoms with Gasteiger partial charge < -0.3 is 75.9 Å². The standard InChI is InChI=1S/C77H135N15O11/c1-11-16-18-19-20-21-22-23-24-25-26-27-28-41-66(93)86-65(49-67(94)95)76(103)90-62(40-34-46-83-77(80)81)73(100)91-63(47-51(6)7)74(101)89-61(39-33-45-82-68(79)53(9)14-4)71(98)87-60(38-31-32-44-78)72(99)92-64(48-56-43-42-55(15-5)57-35-29-30-36-58(56)57)75(102)88-59(37-17-12-2)70(97)85-54(10)69(96)84-50-52(8)13-3/h29-30,35-36,43,51-55,59-65H,11-28,31-34,37-42,44-50,78H2,1-10H3,(H2,79,82)(H,84,96)(H,85,97)(H,86,93)(H,87,98)(H,88,102)(H,89,101)(H,90,103)(H,91,100)(H,92,99)(H,94,95)(H4,80,81,83). The highest BCUT2D eigenvalue weighted by atomic mass is 16.4. The molecular weight excluding hydrogens is 1310 g/mol. The zero-order valence-corrected chi connectivity index (χ0v) is 64.3. The topological polar surface area (TPSA) is 428 Å². The second-order valence-electron chi connectivity index (χ2n) is 28.7. The van der Waals surface area contributed by atoms with Crippen molar-refractivity contribution >= 4 is 76.5 Å². The number of amidine groups is 1. The zero-order valence-electron chi connectivity index (χ0n) is 64.3. The molecule has 11 unspecified atom stereocenters. The van der Waals surface area contributed by atoms with Crippen molar-refractivity contribution in [2.24, 2.45) is 50.7 Å². The summed E-state index contributed by atoms with van der Waals surface area (Å²) in [5, 5.41) is 35.2. The average Bonchev–Trinajstić information content (AvgIpc) is 0.800. The predicted molar refractivity (Wildman–Crippen MR) is 410 cm³/mol. The summed E-state index contributed by atoms with van der Waals surface area (Å²) in [6.45, 7) is 20.3. The molecule has 26 nitrogen and oxygen atoms in total. The molecular formula is C77H135N15O11. The lowest BCUT2D eigenvalue weighted by molar-refractivity contribution is -0.141. The number of carbonyl (C=O) groups is 10. The van der Waals surface area contributed by atoms with E-state index >= 15 is 14.4 Å². The normalized spacial score (nSPS) is 15.7. The molecule has 0 fully saturated rings. The van der Waals surface area contributed by atoms with Gasteiger partial charge in [0.05, 0.1) is 12.3 Å². The molecule has 18 N–H and O–H groups in total. The molecule has 584 valence electrons. The number of unbranched alkanes of at least 4 members (excludes halogenated alkanes) is 14. The van der Waals surface area contributed by atoms with Gasteiger partial charge in [-0.05, 0) is 131 Å². The molecule has 103 heavy (non-hydrogen) atoms. The van der Waals surface area contributed by atoms with Crippen molar-refractivity contribution in [3.63, 3.8) is 0 Å². The number of amides is 9. The van der Waals surface area contributed by atoms with Crippen molar-refractivity contribution in [2.45, 2.75) is 323 Å². The molecule has 9 amide bonds. The second kappa shape index (κ2) is 53.2. The summed E-state index contributed by atoms with van der Waals surface area (Å²) in [5.41, 5.74) is 26.3. The summed E-state index contributed by atoms with van der Waals surface area (Å²) in [7, 11) is 0. The van der Waals surface area contributed by atoms with E-state index in [1.807, 2.05) is 66.7 Å². The summed E-state index contributed by atoms with van der Waals surface area (Å²) < 4.78 is 0. The van der Waals surface area contributed by atoms with E-state index < -0.39 is 108 Å². The number of carboxylic acid groups (broad SMARTS) is 1. The number of aliphatic carboxylic acids is 1. The number of fused-ring (bicyclic) bond motifs is 1. The number of benzene rings is 1. The fraction of sp³-hybridized carbons (Fsp3) is 0.740. The lowest BCUT2D eigenvalue weighted by Gasteiger charge is -2.30. The molecule has 0 saturated carbocycles. The molecule has 1 aliphatic rings. The van der Waals surface area contributed by atoms with Crippen molar-refractivity contribution in [3.05, 3.63) is 41.5 Å². The number of aliphatic imine (C=N–C) groups is 2. The smallest absolute Gasteiger partial charge is 0.305 e. The van der Waals surface area contributed by atoms with Crippen LogP contribution in [0.2, 0.25) is 0 Å². The Balaban J connectivity index is 2.60. The Morgan fingerprint density at radius 2 is 0.971 bits per heavy atom. The van der Waals surface area contributed by atoms with E-state index in [0.29, 0.717) is 50.9 Å². The van der Waals surface area contributed by atoms with Crippen LogP contribution in [0, 0.1) is 17.8 Å². The van der Waals surface area contributed by atoms with Crippen LogP contribution in [0.25, 0.3) is 5.57 Å². The van der Waals surface area contributed by atoms with Crippen LogP contribution in [-0.4, -0.2) is 151 Å². The molecule has 0 saturated heterocycles. The Morgan fingerprint density at radius 3 is 1.48 bits per heavy atom. The Kier molecular flexibility index (Phi) is 47.2. The van der Waals surface area contributed by atoms with Crippen molar-refractivity contribution in [1.29, 1.82) is 0 Å². The minimum atomic E-state index is -1.56. The number of guanidine groups is 1. The van der Waals surface area contributed by atoms with Crippen LogP contribution in [0.4, 0.5) is 0 Å². The summed E-state index contributed by atoms with van der Waals surface area (Å²) in [4.78, 5) is 150. The molecule has 0 aliphatic heterocycles. The van der Waals surface area contributed by atoms with Gasteiger partial charge in [-0.1, -0.05) is 189 Å². The van der Waals surface area contributed by atoms with Gasteiger partial charge >= 0.3 is 5.97 Å². The molecule has 1 aromatic carbocycles. The number of carboxylic acids is 1. The van der Waals surface area contributed by atoms with E-state index in [-0.39, 0.29) is 113 Å². The quantitative estimate of drug-likeness (QED) is 0.0167. The number of nitrogens with zero attached hydrogens (tertiary/aromatic N) is 2. The van der Waals surface area contributed by atoms with Gasteiger partial charge in [-0.15, -0.1) is 0 Å². The van der Waals surface area contributed by atoms with Crippen LogP contribution in [-0.2, 0) is 47.9 Å². The van der Waals surface area contributed by atoms with E-state index in [4.69, 9.17) is 22.9 Å². The van der Waals surface area contributed by atoms with Crippen LogP contribution in [0.5, 0.6) is 0 Å². The fourth-order valence-electron chi connectivity index (χ4n) is 12.3. The maximum atomic E-state index is 15.1. The highest BCUT2D eigenvalue weighted by molar-refractivity contribution is 5.99. The maximum absolute atomic E-state index is 15.1. The first-order valence-electron chi connectivity index (χ1n) is 39.0. The van der Waals surface area contributed by atoms with E-state index in [1.54, 1.807) is 6.92 Å². The molecule has 0 aromatic heterocycles. The number of hydrogen-bond acceptors (Lipinski definition) is 13. The number of carbonyl (C=O) groups excluding carboxylic acids is 9. The first kappa shape index (κ1) is 91.4. The third kappa shape index (κ3) is 38.1. The molecule has 26 heteroatoms. The Labute approximate surface area is 615 Å². The van der Waals surface area contributed by atoms with Gasteiger partial charge in [0.25, 0.3) is 0 Å². The Morgan fingerprint density at radius 1 is 0.505 bits per heavy atom. The van der Waals surface area contributed by atoms with Crippen LogP contribution in [0.1, 0.15) is 285 Å². The van der Waals surface area contributed by atoms with E-state index in [9.17, 15) is 38.7 Å². The predicted octanol–water partition coefficient (Wildman–Crippen LogP) is 7.98. The Hall–Kier alpha value is -7.64. The van der Waals surface area contributed by atoms with E-state index in [2.05, 4.69) is 83.8 Å². The number of rotatable bonds is 57. The number of hydrogen-bond donors (Lipinski definition) is 14. The van der Waals surface area contributed by atoms with Gasteiger partial charge in [0, 0.05) is 38.4 Å². The van der Waals surface area contributed by atoms with Crippen molar-refractivity contribution in [1.82, 2.24) is 47.9 Å². The van der Waals surface area contributed by atoms with Crippen molar-refractivity contribution < 1.29 is 53.1 Å². The average molecular weight is 1450 g/mol. The number of allylic oxidation sites excluding steroid dienone is 1. The molecule has 1 aromatic rings. The zero-order chi connectivity index (χ0) is 76.7. The molecule has 11 atom stereocenters. The first-order chi connectivity index (χ1) is 49.2. The molecule has 0 heterocycles. The third-order valence-corrected chi connectivity index (χ3v) is 19.2. The lowest BCUT2D eigenvalue weighted by Crippen LogP contribution is -2.60. The Bertz CT molecular complexity index is 2830. The first-order valence-corrected chi connectivity index (χ1v) is 39.0. The maximum Gasteiger partial charge on any atom is 0.305 e. The molecule has 1 aliphatic carbocycles. The monoisotopic (exact) mass is 1450 g/mol. The summed E-state index contributed by atoms with van der Waals surface area (Å²) >= 11 is 0. The third-order valence-electron chi connectivity index (χ3n) is 19.2. The molecule has 0 spiro atoms. The van der Waals surface area contributed by atoms with Gasteiger partial charge in [-0.2, -0.15) is 0 Å². The van der Waals surface area contributed by atoms with Crippen LogP contribution >= 0.6 is 0 Å². The van der Waals surface area contributed by atoms with E-state index in [1.165, 1.54) is 51.4 Å². The largest absolute Gasteiger partial charge is 0.481 e. The van der Waals surface area contributed by atoms with Gasteiger partial charge in [0.2, 0.25) is 53.2 Å². The number of nitrogens with two attached hydrogens (primary N) is 4. The summed E-state index contributed by atoms with van der Waals surface area (Å²) in [5.74, 6) is -7.18.